The van der Waals surface area contributed by atoms with Crippen LogP contribution in [0.1, 0.15) is 53.9 Å². The molecule has 0 radical (unpaired) electrons. The van der Waals surface area contributed by atoms with Crippen LogP contribution in [0, 0.1) is 5.92 Å². The number of nitrogens with zero attached hydrogens (tertiary/aromatic N) is 3. The van der Waals surface area contributed by atoms with Crippen LogP contribution in [0.5, 0.6) is 6.01 Å². The number of hydrogen-bond donors (Lipinski definition) is 2. The van der Waals surface area contributed by atoms with Gasteiger partial charge in [-0.3, -0.25) is 0 Å². The molecule has 120 valence electrons. The maximum absolute atomic E-state index is 5.39. The molecular weight excluding hydrogens is 266 g/mol. The molecule has 0 aliphatic rings. The molecule has 0 amide bonds. The van der Waals surface area contributed by atoms with Crippen LogP contribution in [0.2, 0.25) is 0 Å². The first kappa shape index (κ1) is 17.5. The Bertz CT molecular complexity index is 387. The van der Waals surface area contributed by atoms with E-state index >= 15 is 0 Å². The van der Waals surface area contributed by atoms with E-state index < -0.39 is 0 Å². The average Bonchev–Trinajstić information content (AvgIpc) is 2.38. The Balaban J connectivity index is 2.62. The molecule has 0 aliphatic heterocycles. The Kier molecular flexibility index (Phi) is 7.79. The van der Waals surface area contributed by atoms with Gasteiger partial charge in [0, 0.05) is 12.6 Å². The fourth-order valence-electron chi connectivity index (χ4n) is 1.98. The highest BCUT2D eigenvalue weighted by Crippen LogP contribution is 2.14. The van der Waals surface area contributed by atoms with Crippen molar-refractivity contribution in [3.8, 4) is 6.01 Å². The van der Waals surface area contributed by atoms with Crippen molar-refractivity contribution in [2.75, 3.05) is 23.8 Å². The summed E-state index contributed by atoms with van der Waals surface area (Å²) in [6.45, 7) is 11.9. The smallest absolute Gasteiger partial charge is 0.323 e. The molecule has 21 heavy (non-hydrogen) atoms. The van der Waals surface area contributed by atoms with Gasteiger partial charge in [0.2, 0.25) is 11.9 Å². The summed E-state index contributed by atoms with van der Waals surface area (Å²) in [4.78, 5) is 12.9. The van der Waals surface area contributed by atoms with Crippen molar-refractivity contribution >= 4 is 11.9 Å². The van der Waals surface area contributed by atoms with Gasteiger partial charge in [0.05, 0.1) is 6.61 Å². The third-order valence-corrected chi connectivity index (χ3v) is 3.02. The quantitative estimate of drug-likeness (QED) is 0.690. The molecule has 0 aromatic carbocycles. The Labute approximate surface area is 128 Å². The molecule has 1 unspecified atom stereocenters. The van der Waals surface area contributed by atoms with Gasteiger partial charge in [-0.2, -0.15) is 15.0 Å². The Morgan fingerprint density at radius 2 is 1.71 bits per heavy atom. The Morgan fingerprint density at radius 3 is 2.33 bits per heavy atom. The van der Waals surface area contributed by atoms with E-state index in [1.165, 1.54) is 12.8 Å². The van der Waals surface area contributed by atoms with E-state index in [0.717, 1.165) is 18.9 Å². The molecule has 0 saturated heterocycles. The highest BCUT2D eigenvalue weighted by Gasteiger charge is 2.10. The summed E-state index contributed by atoms with van der Waals surface area (Å²) in [6.07, 6.45) is 3.55. The topological polar surface area (TPSA) is 72.0 Å². The fourth-order valence-corrected chi connectivity index (χ4v) is 1.98. The molecule has 0 fully saturated rings. The molecule has 0 bridgehead atoms. The molecule has 2 N–H and O–H groups in total. The van der Waals surface area contributed by atoms with Crippen LogP contribution < -0.4 is 15.4 Å². The summed E-state index contributed by atoms with van der Waals surface area (Å²) in [5, 5.41) is 6.43. The van der Waals surface area contributed by atoms with Gasteiger partial charge in [0.25, 0.3) is 0 Å². The second-order valence-corrected chi connectivity index (χ2v) is 5.60. The first-order valence-corrected chi connectivity index (χ1v) is 7.94. The summed E-state index contributed by atoms with van der Waals surface area (Å²) in [7, 11) is 0. The van der Waals surface area contributed by atoms with E-state index in [4.69, 9.17) is 4.74 Å². The molecule has 1 aromatic heterocycles. The minimum absolute atomic E-state index is 0.329. The van der Waals surface area contributed by atoms with Gasteiger partial charge >= 0.3 is 6.01 Å². The van der Waals surface area contributed by atoms with Crippen LogP contribution >= 0.6 is 0 Å². The number of nitrogens with one attached hydrogen (secondary N) is 2. The van der Waals surface area contributed by atoms with Crippen LogP contribution in [-0.4, -0.2) is 34.1 Å². The summed E-state index contributed by atoms with van der Waals surface area (Å²) in [5.74, 6) is 1.87. The molecule has 1 rings (SSSR count). The fraction of sp³-hybridized carbons (Fsp3) is 0.800. The predicted molar refractivity (Wildman–Crippen MR) is 86.9 cm³/mol. The van der Waals surface area contributed by atoms with Gasteiger partial charge in [-0.05, 0) is 33.1 Å². The maximum Gasteiger partial charge on any atom is 0.323 e. The predicted octanol–water partition coefficient (Wildman–Crippen LogP) is 3.33. The molecule has 0 spiro atoms. The van der Waals surface area contributed by atoms with Crippen molar-refractivity contribution in [3.05, 3.63) is 0 Å². The number of aromatic nitrogens is 3. The third kappa shape index (κ3) is 7.11. The zero-order valence-electron chi connectivity index (χ0n) is 13.9. The number of ether oxygens (including phenoxy) is 1. The van der Waals surface area contributed by atoms with E-state index in [1.807, 2.05) is 13.8 Å². The van der Waals surface area contributed by atoms with Crippen molar-refractivity contribution < 1.29 is 4.74 Å². The van der Waals surface area contributed by atoms with Gasteiger partial charge in [-0.15, -0.1) is 0 Å². The lowest BCUT2D eigenvalue weighted by molar-refractivity contribution is 0.312. The average molecular weight is 295 g/mol. The zero-order valence-corrected chi connectivity index (χ0v) is 13.9. The number of anilines is 2. The van der Waals surface area contributed by atoms with Gasteiger partial charge in [-0.25, -0.2) is 0 Å². The summed E-state index contributed by atoms with van der Waals surface area (Å²) < 4.78 is 5.39. The van der Waals surface area contributed by atoms with E-state index in [2.05, 4.69) is 46.4 Å². The van der Waals surface area contributed by atoms with E-state index in [0.29, 0.717) is 30.6 Å². The van der Waals surface area contributed by atoms with Crippen LogP contribution in [0.15, 0.2) is 0 Å². The Hall–Kier alpha value is -1.59. The van der Waals surface area contributed by atoms with E-state index in [9.17, 15) is 0 Å². The van der Waals surface area contributed by atoms with Crippen molar-refractivity contribution in [2.45, 2.75) is 59.9 Å². The van der Waals surface area contributed by atoms with Crippen molar-refractivity contribution in [3.63, 3.8) is 0 Å². The lowest BCUT2D eigenvalue weighted by Gasteiger charge is -2.15. The van der Waals surface area contributed by atoms with Crippen molar-refractivity contribution in [1.82, 2.24) is 15.0 Å². The van der Waals surface area contributed by atoms with E-state index in [-0.39, 0.29) is 0 Å². The molecule has 0 saturated carbocycles. The lowest BCUT2D eigenvalue weighted by Crippen LogP contribution is -2.18. The molecule has 1 atom stereocenters. The molecular formula is C15H29N5O. The van der Waals surface area contributed by atoms with Crippen molar-refractivity contribution in [1.29, 1.82) is 0 Å². The van der Waals surface area contributed by atoms with Crippen LogP contribution in [-0.2, 0) is 0 Å². The van der Waals surface area contributed by atoms with Crippen LogP contribution in [0.3, 0.4) is 0 Å². The highest BCUT2D eigenvalue weighted by molar-refractivity contribution is 5.36. The molecule has 1 heterocycles. The summed E-state index contributed by atoms with van der Waals surface area (Å²) in [6, 6.07) is 0.690. The molecule has 1 aromatic rings. The standard InChI is InChI=1S/C15H29N5O/c1-6-16-13-18-14(20-15(19-13)21-7-2)17-12(5)10-8-9-11(3)4/h11-12H,6-10H2,1-5H3,(H2,16,17,18,19,20). The van der Waals surface area contributed by atoms with Gasteiger partial charge in [0.15, 0.2) is 0 Å². The molecule has 0 aliphatic carbocycles. The maximum atomic E-state index is 5.39. The largest absolute Gasteiger partial charge is 0.464 e. The third-order valence-electron chi connectivity index (χ3n) is 3.02. The van der Waals surface area contributed by atoms with Crippen molar-refractivity contribution in [2.24, 2.45) is 5.92 Å². The first-order valence-electron chi connectivity index (χ1n) is 7.94. The lowest BCUT2D eigenvalue weighted by atomic mass is 10.0. The van der Waals surface area contributed by atoms with Gasteiger partial charge in [0.1, 0.15) is 0 Å². The monoisotopic (exact) mass is 295 g/mol. The van der Waals surface area contributed by atoms with Gasteiger partial charge in [-0.1, -0.05) is 26.7 Å². The summed E-state index contributed by atoms with van der Waals surface area (Å²) in [5.41, 5.74) is 0. The normalized spacial score (nSPS) is 12.3. The zero-order chi connectivity index (χ0) is 15.7. The second kappa shape index (κ2) is 9.37. The number of hydrogen-bond acceptors (Lipinski definition) is 6. The highest BCUT2D eigenvalue weighted by atomic mass is 16.5. The Morgan fingerprint density at radius 1 is 1.00 bits per heavy atom. The number of rotatable bonds is 10. The molecule has 6 heteroatoms. The summed E-state index contributed by atoms with van der Waals surface area (Å²) >= 11 is 0. The SMILES string of the molecule is CCNc1nc(NC(C)CCCC(C)C)nc(OCC)n1. The van der Waals surface area contributed by atoms with Gasteiger partial charge < -0.3 is 15.4 Å². The van der Waals surface area contributed by atoms with Crippen LogP contribution in [0.25, 0.3) is 0 Å². The second-order valence-electron chi connectivity index (χ2n) is 5.60. The minimum atomic E-state index is 0.329. The van der Waals surface area contributed by atoms with Crippen LogP contribution in [0.4, 0.5) is 11.9 Å². The first-order chi connectivity index (χ1) is 10.0. The minimum Gasteiger partial charge on any atom is -0.464 e. The van der Waals surface area contributed by atoms with E-state index in [1.54, 1.807) is 0 Å². The molecule has 6 nitrogen and oxygen atoms in total.